The summed E-state index contributed by atoms with van der Waals surface area (Å²) in [4.78, 5) is 0. The van der Waals surface area contributed by atoms with Gasteiger partial charge in [-0.3, -0.25) is 0 Å². The van der Waals surface area contributed by atoms with Crippen LogP contribution in [0.3, 0.4) is 0 Å². The van der Waals surface area contributed by atoms with Gasteiger partial charge in [-0.1, -0.05) is 38.1 Å². The number of benzene rings is 1. The third kappa shape index (κ3) is 1.13. The van der Waals surface area contributed by atoms with Crippen molar-refractivity contribution >= 4 is 0 Å². The van der Waals surface area contributed by atoms with Crippen LogP contribution in [0.15, 0.2) is 24.3 Å². The van der Waals surface area contributed by atoms with Crippen molar-refractivity contribution in [2.45, 2.75) is 38.9 Å². The van der Waals surface area contributed by atoms with Crippen molar-refractivity contribution < 1.29 is 4.74 Å². The second-order valence-electron chi connectivity index (χ2n) is 4.28. The molecule has 0 radical (unpaired) electrons. The molecule has 0 spiro atoms. The summed E-state index contributed by atoms with van der Waals surface area (Å²) >= 11 is 0. The average molecular weight is 200 g/mol. The van der Waals surface area contributed by atoms with E-state index >= 15 is 0 Å². The van der Waals surface area contributed by atoms with E-state index in [9.17, 15) is 0 Å². The largest absolute Gasteiger partial charge is 0.357 e. The highest BCUT2D eigenvalue weighted by molar-refractivity contribution is 5.51. The Kier molecular flexibility index (Phi) is 1.96. The van der Waals surface area contributed by atoms with Crippen LogP contribution in [0.1, 0.15) is 48.3 Å². The topological polar surface area (TPSA) is 9.23 Å². The first-order chi connectivity index (χ1) is 7.35. The van der Waals surface area contributed by atoms with E-state index in [0.29, 0.717) is 0 Å². The molecule has 0 saturated carbocycles. The first kappa shape index (κ1) is 9.17. The van der Waals surface area contributed by atoms with Crippen LogP contribution in [0.25, 0.3) is 0 Å². The Balaban J connectivity index is 2.23. The van der Waals surface area contributed by atoms with Gasteiger partial charge in [0.25, 0.3) is 0 Å². The van der Waals surface area contributed by atoms with Crippen molar-refractivity contribution in [1.82, 2.24) is 0 Å². The maximum absolute atomic E-state index is 5.92. The van der Waals surface area contributed by atoms with Crippen molar-refractivity contribution in [3.63, 3.8) is 0 Å². The quantitative estimate of drug-likeness (QED) is 0.664. The lowest BCUT2D eigenvalue weighted by molar-refractivity contribution is 0.0873. The molecule has 1 nitrogen and oxygen atoms in total. The average Bonchev–Trinajstić information content (AvgIpc) is 2.88. The minimum Gasteiger partial charge on any atom is -0.357 e. The minimum atomic E-state index is 0.242. The fourth-order valence-corrected chi connectivity index (χ4v) is 2.79. The van der Waals surface area contributed by atoms with Crippen LogP contribution in [0.5, 0.6) is 0 Å². The van der Waals surface area contributed by atoms with E-state index in [4.69, 9.17) is 4.74 Å². The standard InChI is InChI=1S/C14H16O/c1-3-9-5-6-10(4-2)14-12-8-7-11(15-12)13(9)14/h5-8,11-12H,3-4H2,1-2H3. The van der Waals surface area contributed by atoms with Crippen molar-refractivity contribution in [3.8, 4) is 0 Å². The van der Waals surface area contributed by atoms with Crippen LogP contribution in [-0.4, -0.2) is 0 Å². The molecule has 2 aliphatic rings. The fourth-order valence-electron chi connectivity index (χ4n) is 2.79. The number of rotatable bonds is 2. The summed E-state index contributed by atoms with van der Waals surface area (Å²) in [5.74, 6) is 0. The number of fused-ring (bicyclic) bond motifs is 5. The molecular weight excluding hydrogens is 184 g/mol. The fraction of sp³-hybridized carbons (Fsp3) is 0.429. The maximum Gasteiger partial charge on any atom is 0.103 e. The molecule has 0 aliphatic carbocycles. The summed E-state index contributed by atoms with van der Waals surface area (Å²) in [6.45, 7) is 4.44. The van der Waals surface area contributed by atoms with Gasteiger partial charge in [-0.25, -0.2) is 0 Å². The Morgan fingerprint density at radius 1 is 0.933 bits per heavy atom. The summed E-state index contributed by atoms with van der Waals surface area (Å²) in [6, 6.07) is 4.55. The van der Waals surface area contributed by atoms with Crippen molar-refractivity contribution in [2.24, 2.45) is 0 Å². The van der Waals surface area contributed by atoms with Crippen LogP contribution in [0, 0.1) is 0 Å². The molecule has 78 valence electrons. The van der Waals surface area contributed by atoms with Gasteiger partial charge >= 0.3 is 0 Å². The lowest BCUT2D eigenvalue weighted by Gasteiger charge is -2.15. The molecule has 0 saturated heterocycles. The van der Waals surface area contributed by atoms with Crippen LogP contribution in [-0.2, 0) is 17.6 Å². The zero-order chi connectivity index (χ0) is 10.4. The molecule has 2 unspecified atom stereocenters. The Morgan fingerprint density at radius 3 is 1.80 bits per heavy atom. The normalized spacial score (nSPS) is 26.0. The number of hydrogen-bond acceptors (Lipinski definition) is 1. The van der Waals surface area contributed by atoms with Gasteiger partial charge in [-0.2, -0.15) is 0 Å². The number of ether oxygens (including phenoxy) is 1. The molecule has 1 aromatic rings. The van der Waals surface area contributed by atoms with Gasteiger partial charge in [0.1, 0.15) is 12.2 Å². The van der Waals surface area contributed by atoms with E-state index in [1.165, 1.54) is 22.3 Å². The monoisotopic (exact) mass is 200 g/mol. The summed E-state index contributed by atoms with van der Waals surface area (Å²) in [5, 5.41) is 0. The zero-order valence-electron chi connectivity index (χ0n) is 9.29. The molecule has 0 fully saturated rings. The van der Waals surface area contributed by atoms with Gasteiger partial charge in [0.2, 0.25) is 0 Å². The van der Waals surface area contributed by atoms with Crippen molar-refractivity contribution in [1.29, 1.82) is 0 Å². The minimum absolute atomic E-state index is 0.242. The third-order valence-corrected chi connectivity index (χ3v) is 3.55. The van der Waals surface area contributed by atoms with Gasteiger partial charge in [0, 0.05) is 0 Å². The van der Waals surface area contributed by atoms with Gasteiger partial charge < -0.3 is 4.74 Å². The van der Waals surface area contributed by atoms with E-state index in [0.717, 1.165) is 12.8 Å². The summed E-state index contributed by atoms with van der Waals surface area (Å²) in [6.07, 6.45) is 7.09. The second kappa shape index (κ2) is 3.21. The zero-order valence-corrected chi connectivity index (χ0v) is 9.29. The van der Waals surface area contributed by atoms with Crippen LogP contribution in [0.4, 0.5) is 0 Å². The number of aryl methyl sites for hydroxylation is 2. The molecule has 0 amide bonds. The number of hydrogen-bond donors (Lipinski definition) is 0. The first-order valence-electron chi connectivity index (χ1n) is 5.83. The third-order valence-electron chi connectivity index (χ3n) is 3.55. The lowest BCUT2D eigenvalue weighted by atomic mass is 9.87. The first-order valence-corrected chi connectivity index (χ1v) is 5.83. The Labute approximate surface area is 90.8 Å². The van der Waals surface area contributed by atoms with Crippen LogP contribution >= 0.6 is 0 Å². The molecule has 0 N–H and O–H groups in total. The lowest BCUT2D eigenvalue weighted by Crippen LogP contribution is -2.02. The molecular formula is C14H16O. The molecule has 15 heavy (non-hydrogen) atoms. The summed E-state index contributed by atoms with van der Waals surface area (Å²) in [5.41, 5.74) is 5.84. The Bertz CT molecular complexity index is 392. The Hall–Kier alpha value is -1.08. The molecule has 2 bridgehead atoms. The van der Waals surface area contributed by atoms with E-state index in [2.05, 4.69) is 38.1 Å². The smallest absolute Gasteiger partial charge is 0.103 e. The molecule has 2 aliphatic heterocycles. The van der Waals surface area contributed by atoms with Gasteiger partial charge in [0.05, 0.1) is 0 Å². The van der Waals surface area contributed by atoms with Gasteiger partial charge in [0.15, 0.2) is 0 Å². The molecule has 3 rings (SSSR count). The van der Waals surface area contributed by atoms with Crippen molar-refractivity contribution in [2.75, 3.05) is 0 Å². The highest BCUT2D eigenvalue weighted by atomic mass is 16.5. The predicted molar refractivity (Wildman–Crippen MR) is 60.9 cm³/mol. The second-order valence-corrected chi connectivity index (χ2v) is 4.28. The van der Waals surface area contributed by atoms with Crippen LogP contribution < -0.4 is 0 Å². The highest BCUT2D eigenvalue weighted by Gasteiger charge is 2.36. The van der Waals surface area contributed by atoms with E-state index in [1.54, 1.807) is 0 Å². The molecule has 0 aromatic heterocycles. The van der Waals surface area contributed by atoms with Gasteiger partial charge in [-0.15, -0.1) is 0 Å². The summed E-state index contributed by atoms with van der Waals surface area (Å²) < 4.78 is 5.92. The summed E-state index contributed by atoms with van der Waals surface area (Å²) in [7, 11) is 0. The molecule has 1 heteroatoms. The highest BCUT2D eigenvalue weighted by Crippen LogP contribution is 2.48. The maximum atomic E-state index is 5.92. The van der Waals surface area contributed by atoms with E-state index in [-0.39, 0.29) is 12.2 Å². The predicted octanol–water partition coefficient (Wildman–Crippen LogP) is 3.49. The van der Waals surface area contributed by atoms with E-state index in [1.807, 2.05) is 0 Å². The molecule has 2 heterocycles. The van der Waals surface area contributed by atoms with Crippen molar-refractivity contribution in [3.05, 3.63) is 46.5 Å². The SMILES string of the molecule is CCc1ccc(CC)c2c1C1C=CC2O1. The van der Waals surface area contributed by atoms with Crippen LogP contribution in [0.2, 0.25) is 0 Å². The van der Waals surface area contributed by atoms with Gasteiger partial charge in [-0.05, 0) is 35.1 Å². The molecule has 1 aromatic carbocycles. The van der Waals surface area contributed by atoms with E-state index < -0.39 is 0 Å². The molecule has 2 atom stereocenters. The Morgan fingerprint density at radius 2 is 1.40 bits per heavy atom.